The van der Waals surface area contributed by atoms with Crippen LogP contribution in [0.1, 0.15) is 70.8 Å². The number of aryl methyl sites for hydroxylation is 1. The van der Waals surface area contributed by atoms with Gasteiger partial charge in [0, 0.05) is 35.2 Å². The normalized spacial score (nSPS) is 13.3. The Balaban J connectivity index is 0.000000611. The molecule has 1 saturated heterocycles. The number of ketones is 1. The number of hydrogen-bond acceptors (Lipinski definition) is 5. The predicted octanol–water partition coefficient (Wildman–Crippen LogP) is 9.42. The highest BCUT2D eigenvalue weighted by atomic mass is 32.2. The molecular formula is C36H51NO4S. The van der Waals surface area contributed by atoms with Crippen LogP contribution in [0.3, 0.4) is 0 Å². The number of ether oxygens (including phenoxy) is 1. The Morgan fingerprint density at radius 3 is 1.79 bits per heavy atom. The molecule has 4 rings (SSSR count). The van der Waals surface area contributed by atoms with E-state index in [4.69, 9.17) is 9.84 Å². The lowest BCUT2D eigenvalue weighted by Gasteiger charge is -2.21. The van der Waals surface area contributed by atoms with E-state index in [2.05, 4.69) is 30.5 Å². The molecule has 1 unspecified atom stereocenters. The molecule has 1 aliphatic heterocycles. The van der Waals surface area contributed by atoms with Crippen molar-refractivity contribution in [3.63, 3.8) is 0 Å². The van der Waals surface area contributed by atoms with E-state index < -0.39 is 11.6 Å². The summed E-state index contributed by atoms with van der Waals surface area (Å²) >= 11 is 1.69. The smallest absolute Gasteiger partial charge is 0.347 e. The number of allylic oxidation sites excluding steroid dienone is 1. The maximum atomic E-state index is 12.4. The third-order valence-electron chi connectivity index (χ3n) is 6.05. The summed E-state index contributed by atoms with van der Waals surface area (Å²) in [6, 6.07) is 27.1. The largest absolute Gasteiger partial charge is 0.478 e. The van der Waals surface area contributed by atoms with Crippen LogP contribution in [0, 0.1) is 12.8 Å². The predicted molar refractivity (Wildman–Crippen MR) is 180 cm³/mol. The number of carbonyl (C=O) groups excluding carboxylic acids is 1. The van der Waals surface area contributed by atoms with Crippen molar-refractivity contribution in [3.05, 3.63) is 108 Å². The molecule has 1 fully saturated rings. The Morgan fingerprint density at radius 1 is 0.905 bits per heavy atom. The number of carboxylic acids is 1. The molecule has 0 bridgehead atoms. The van der Waals surface area contributed by atoms with Crippen molar-refractivity contribution in [3.8, 4) is 5.75 Å². The lowest BCUT2D eigenvalue weighted by molar-refractivity contribution is -0.152. The number of hydrogen-bond donors (Lipinski definition) is 1. The molecule has 42 heavy (non-hydrogen) atoms. The van der Waals surface area contributed by atoms with Gasteiger partial charge in [-0.2, -0.15) is 0 Å². The first-order valence-corrected chi connectivity index (χ1v) is 15.8. The fourth-order valence-electron chi connectivity index (χ4n) is 3.67. The first-order chi connectivity index (χ1) is 20.0. The molecule has 0 amide bonds. The first kappa shape index (κ1) is 38.5. The zero-order valence-electron chi connectivity index (χ0n) is 27.0. The summed E-state index contributed by atoms with van der Waals surface area (Å²) in [5.41, 5.74) is 2.04. The Kier molecular flexibility index (Phi) is 19.5. The van der Waals surface area contributed by atoms with Crippen LogP contribution in [0.4, 0.5) is 0 Å². The van der Waals surface area contributed by atoms with E-state index in [0.29, 0.717) is 5.75 Å². The van der Waals surface area contributed by atoms with Crippen LogP contribution in [-0.4, -0.2) is 46.7 Å². The van der Waals surface area contributed by atoms with Gasteiger partial charge in [0.15, 0.2) is 11.4 Å². The van der Waals surface area contributed by atoms with Gasteiger partial charge >= 0.3 is 5.97 Å². The molecule has 0 aliphatic carbocycles. The van der Waals surface area contributed by atoms with Gasteiger partial charge in [0.1, 0.15) is 5.75 Å². The van der Waals surface area contributed by atoms with Crippen molar-refractivity contribution >= 4 is 23.5 Å². The lowest BCUT2D eigenvalue weighted by Crippen LogP contribution is -2.37. The summed E-state index contributed by atoms with van der Waals surface area (Å²) in [7, 11) is 0. The summed E-state index contributed by atoms with van der Waals surface area (Å²) in [5.74, 6) is -0.0144. The molecule has 1 atom stereocenters. The zero-order valence-corrected chi connectivity index (χ0v) is 27.8. The minimum absolute atomic E-state index is 0.127. The van der Waals surface area contributed by atoms with E-state index in [-0.39, 0.29) is 11.7 Å². The van der Waals surface area contributed by atoms with Gasteiger partial charge < -0.3 is 14.7 Å². The van der Waals surface area contributed by atoms with Gasteiger partial charge in [0.25, 0.3) is 0 Å². The number of Topliss-reactive ketones (excluding diaryl/α,β-unsaturated/α-hetero) is 1. The molecule has 0 spiro atoms. The lowest BCUT2D eigenvalue weighted by atomic mass is 9.97. The summed E-state index contributed by atoms with van der Waals surface area (Å²) in [4.78, 5) is 26.4. The Hall–Kier alpha value is -3.51. The maximum Gasteiger partial charge on any atom is 0.347 e. The van der Waals surface area contributed by atoms with Crippen LogP contribution >= 0.6 is 11.8 Å². The van der Waals surface area contributed by atoms with E-state index in [1.54, 1.807) is 36.0 Å². The summed E-state index contributed by atoms with van der Waals surface area (Å²) < 4.78 is 5.26. The molecule has 1 aliphatic rings. The van der Waals surface area contributed by atoms with Crippen LogP contribution in [0.2, 0.25) is 0 Å². The van der Waals surface area contributed by atoms with Gasteiger partial charge in [-0.1, -0.05) is 101 Å². The fourth-order valence-corrected chi connectivity index (χ4v) is 4.08. The number of para-hydroxylation sites is 1. The number of benzene rings is 3. The number of carboxylic acid groups (broad SMARTS) is 1. The molecule has 6 heteroatoms. The van der Waals surface area contributed by atoms with Crippen LogP contribution < -0.4 is 4.74 Å². The third-order valence-corrected chi connectivity index (χ3v) is 6.79. The fraction of sp³-hybridized carbons (Fsp3) is 0.389. The number of likely N-dealkylation sites (tertiary alicyclic amines) is 1. The van der Waals surface area contributed by atoms with Crippen LogP contribution in [-0.2, 0) is 4.79 Å². The molecule has 3 aromatic carbocycles. The zero-order chi connectivity index (χ0) is 32.1. The highest BCUT2D eigenvalue weighted by Crippen LogP contribution is 2.24. The maximum absolute atomic E-state index is 12.4. The van der Waals surface area contributed by atoms with Crippen LogP contribution in [0.5, 0.6) is 5.75 Å². The van der Waals surface area contributed by atoms with Gasteiger partial charge in [-0.25, -0.2) is 4.79 Å². The molecule has 0 radical (unpaired) electrons. The van der Waals surface area contributed by atoms with Crippen molar-refractivity contribution in [1.29, 1.82) is 0 Å². The molecule has 3 aromatic rings. The van der Waals surface area contributed by atoms with E-state index in [1.807, 2.05) is 89.4 Å². The molecular weight excluding hydrogens is 542 g/mol. The number of aliphatic carboxylic acids is 1. The van der Waals surface area contributed by atoms with Crippen LogP contribution in [0.25, 0.3) is 0 Å². The van der Waals surface area contributed by atoms with E-state index in [1.165, 1.54) is 24.3 Å². The van der Waals surface area contributed by atoms with Gasteiger partial charge in [-0.05, 0) is 64.6 Å². The van der Waals surface area contributed by atoms with Crippen molar-refractivity contribution in [2.75, 3.05) is 19.3 Å². The third kappa shape index (κ3) is 14.4. The molecule has 1 N–H and O–H groups in total. The van der Waals surface area contributed by atoms with Crippen molar-refractivity contribution in [2.45, 2.75) is 72.3 Å². The Labute approximate surface area is 259 Å². The van der Waals surface area contributed by atoms with Gasteiger partial charge in [-0.3, -0.25) is 4.79 Å². The molecule has 0 aromatic heterocycles. The highest BCUT2D eigenvalue weighted by Gasteiger charge is 2.29. The topological polar surface area (TPSA) is 66.8 Å². The van der Waals surface area contributed by atoms with E-state index in [0.717, 1.165) is 30.8 Å². The van der Waals surface area contributed by atoms with E-state index >= 15 is 0 Å². The summed E-state index contributed by atoms with van der Waals surface area (Å²) in [6.07, 6.45) is 2.98. The monoisotopic (exact) mass is 593 g/mol. The highest BCUT2D eigenvalue weighted by molar-refractivity contribution is 7.98. The average molecular weight is 594 g/mol. The van der Waals surface area contributed by atoms with Gasteiger partial charge in [-0.15, -0.1) is 11.8 Å². The minimum Gasteiger partial charge on any atom is -0.478 e. The summed E-state index contributed by atoms with van der Waals surface area (Å²) in [6.45, 7) is 20.8. The average Bonchev–Trinajstić information content (AvgIpc) is 3.51. The van der Waals surface area contributed by atoms with Crippen molar-refractivity contribution < 1.29 is 19.4 Å². The number of rotatable bonds is 7. The standard InChI is InChI=1S/C15H19NOS.C10H12O3.C7H8.2C2H6/c1-11(2)16-9-8-13(10-16)15(17)12-4-6-14(18-3)7-5-12;1-10(2,9(11)12)13-8-6-4-3-5-7-8;1-7-5-3-2-4-6-7;2*1-2/h4-7,13H,1,8-10H2,2-3H3;3-7H,1-2H3,(H,11,12);2-6H,1H3;2*1-2H3. The molecule has 1 heterocycles. The quantitative estimate of drug-likeness (QED) is 0.217. The Bertz CT molecular complexity index is 1160. The van der Waals surface area contributed by atoms with Crippen molar-refractivity contribution in [1.82, 2.24) is 4.90 Å². The molecule has 230 valence electrons. The summed E-state index contributed by atoms with van der Waals surface area (Å²) in [5, 5.41) is 8.78. The van der Waals surface area contributed by atoms with Crippen molar-refractivity contribution in [2.24, 2.45) is 5.92 Å². The molecule has 0 saturated carbocycles. The van der Waals surface area contributed by atoms with Gasteiger partial charge in [0.05, 0.1) is 0 Å². The van der Waals surface area contributed by atoms with E-state index in [9.17, 15) is 9.59 Å². The second-order valence-corrected chi connectivity index (χ2v) is 10.5. The minimum atomic E-state index is -1.18. The van der Waals surface area contributed by atoms with Gasteiger partial charge in [0.2, 0.25) is 0 Å². The number of thioether (sulfide) groups is 1. The first-order valence-electron chi connectivity index (χ1n) is 14.6. The number of nitrogens with zero attached hydrogens (tertiary/aromatic N) is 1. The SMILES string of the molecule is C=C(C)N1CCC(C(=O)c2ccc(SC)cc2)C1.CC.CC.CC(C)(Oc1ccccc1)C(=O)O.Cc1ccccc1. The number of carbonyl (C=O) groups is 2. The Morgan fingerprint density at radius 2 is 1.40 bits per heavy atom. The van der Waals surface area contributed by atoms with Crippen LogP contribution in [0.15, 0.2) is 102 Å². The second-order valence-electron chi connectivity index (χ2n) is 9.64. The second kappa shape index (κ2) is 21.2. The molecule has 5 nitrogen and oxygen atoms in total.